The maximum absolute atomic E-state index is 13.4. The average molecular weight is 459 g/mol. The summed E-state index contributed by atoms with van der Waals surface area (Å²) in [5, 5.41) is 4.12. The van der Waals surface area contributed by atoms with Crippen LogP contribution in [0.4, 0.5) is 4.39 Å². The molecule has 0 spiro atoms. The predicted octanol–water partition coefficient (Wildman–Crippen LogP) is 3.13. The van der Waals surface area contributed by atoms with Gasteiger partial charge in [0.25, 0.3) is 15.9 Å². The van der Waals surface area contributed by atoms with Crippen LogP contribution in [0.5, 0.6) is 0 Å². The van der Waals surface area contributed by atoms with E-state index in [0.29, 0.717) is 21.1 Å². The Bertz CT molecular complexity index is 1380. The molecular formula is C19H14FN5O4S2. The first kappa shape index (κ1) is 20.8. The van der Waals surface area contributed by atoms with Crippen molar-refractivity contribution in [3.63, 3.8) is 0 Å². The summed E-state index contributed by atoms with van der Waals surface area (Å²) in [6.45, 7) is 2.90. The third-order valence-electron chi connectivity index (χ3n) is 4.16. The molecule has 4 heterocycles. The number of rotatable bonds is 5. The smallest absolute Gasteiger partial charge is 0.283 e. The Morgan fingerprint density at radius 2 is 2.00 bits per heavy atom. The van der Waals surface area contributed by atoms with Gasteiger partial charge in [0.2, 0.25) is 0 Å². The minimum absolute atomic E-state index is 0.0727. The summed E-state index contributed by atoms with van der Waals surface area (Å²) in [7, 11) is -4.19. The standard InChI is InChI=1S/C19H14FN5O4S2/c1-10-17(11(2)29-24-10)31(27,28)25-18(26)15-5-3-4-14(23-15)16-9-22-19(30-16)12-6-13(20)8-21-7-12/h3-9H,1-2H3,(H,25,26). The highest BCUT2D eigenvalue weighted by Gasteiger charge is 2.27. The Balaban J connectivity index is 1.60. The molecule has 0 aliphatic carbocycles. The van der Waals surface area contributed by atoms with Crippen LogP contribution in [0, 0.1) is 19.7 Å². The van der Waals surface area contributed by atoms with Crippen LogP contribution in [0.25, 0.3) is 21.1 Å². The van der Waals surface area contributed by atoms with Crippen molar-refractivity contribution in [2.75, 3.05) is 0 Å². The van der Waals surface area contributed by atoms with Gasteiger partial charge in [0.15, 0.2) is 10.7 Å². The number of halogens is 1. The maximum Gasteiger partial charge on any atom is 0.283 e. The highest BCUT2D eigenvalue weighted by molar-refractivity contribution is 7.90. The van der Waals surface area contributed by atoms with E-state index in [1.165, 1.54) is 49.7 Å². The van der Waals surface area contributed by atoms with E-state index in [9.17, 15) is 17.6 Å². The molecule has 0 saturated heterocycles. The molecule has 12 heteroatoms. The number of carbonyl (C=O) groups excluding carboxylic acids is 1. The van der Waals surface area contributed by atoms with Gasteiger partial charge in [-0.05, 0) is 32.0 Å². The number of thiazole rings is 1. The number of nitrogens with zero attached hydrogens (tertiary/aromatic N) is 4. The van der Waals surface area contributed by atoms with Crippen LogP contribution >= 0.6 is 11.3 Å². The number of carbonyl (C=O) groups is 1. The number of pyridine rings is 2. The van der Waals surface area contributed by atoms with E-state index in [0.717, 1.165) is 6.20 Å². The molecular weight excluding hydrogens is 445 g/mol. The molecule has 0 fully saturated rings. The van der Waals surface area contributed by atoms with Gasteiger partial charge in [0.1, 0.15) is 22.2 Å². The number of hydrogen-bond acceptors (Lipinski definition) is 9. The number of aromatic nitrogens is 4. The summed E-state index contributed by atoms with van der Waals surface area (Å²) < 4.78 is 45.4. The summed E-state index contributed by atoms with van der Waals surface area (Å²) in [4.78, 5) is 25.3. The van der Waals surface area contributed by atoms with Crippen LogP contribution in [0.2, 0.25) is 0 Å². The predicted molar refractivity (Wildman–Crippen MR) is 109 cm³/mol. The van der Waals surface area contributed by atoms with Gasteiger partial charge < -0.3 is 4.52 Å². The number of hydrogen-bond donors (Lipinski definition) is 1. The Hall–Kier alpha value is -3.51. The van der Waals surface area contributed by atoms with Crippen molar-refractivity contribution in [3.05, 3.63) is 65.8 Å². The van der Waals surface area contributed by atoms with Crippen molar-refractivity contribution in [1.82, 2.24) is 24.8 Å². The molecule has 0 atom stereocenters. The van der Waals surface area contributed by atoms with Crippen molar-refractivity contribution in [2.24, 2.45) is 0 Å². The van der Waals surface area contributed by atoms with Crippen LogP contribution in [0.1, 0.15) is 21.9 Å². The summed E-state index contributed by atoms with van der Waals surface area (Å²) in [5.41, 5.74) is 0.963. The first-order valence-electron chi connectivity index (χ1n) is 8.79. The lowest BCUT2D eigenvalue weighted by Crippen LogP contribution is -2.31. The van der Waals surface area contributed by atoms with Crippen LogP contribution in [0.15, 0.2) is 52.3 Å². The summed E-state index contributed by atoms with van der Waals surface area (Å²) in [5.74, 6) is -1.31. The lowest BCUT2D eigenvalue weighted by molar-refractivity contribution is 0.0976. The monoisotopic (exact) mass is 459 g/mol. The molecule has 0 aromatic carbocycles. The molecule has 1 N–H and O–H groups in total. The van der Waals surface area contributed by atoms with Gasteiger partial charge in [-0.2, -0.15) is 0 Å². The third kappa shape index (κ3) is 4.20. The molecule has 158 valence electrons. The Labute approximate surface area is 180 Å². The quantitative estimate of drug-likeness (QED) is 0.482. The molecule has 1 amide bonds. The maximum atomic E-state index is 13.4. The van der Waals surface area contributed by atoms with E-state index in [-0.39, 0.29) is 22.0 Å². The number of amides is 1. The van der Waals surface area contributed by atoms with Gasteiger partial charge in [-0.25, -0.2) is 27.5 Å². The van der Waals surface area contributed by atoms with E-state index in [2.05, 4.69) is 20.1 Å². The minimum atomic E-state index is -4.19. The molecule has 0 bridgehead atoms. The second-order valence-corrected chi connectivity index (χ2v) is 9.07. The van der Waals surface area contributed by atoms with Gasteiger partial charge in [0, 0.05) is 18.0 Å². The van der Waals surface area contributed by atoms with Crippen molar-refractivity contribution < 1.29 is 22.1 Å². The SMILES string of the molecule is Cc1noc(C)c1S(=O)(=O)NC(=O)c1cccc(-c2cnc(-c3cncc(F)c3)s2)n1. The molecule has 4 rings (SSSR count). The molecule has 0 unspecified atom stereocenters. The van der Waals surface area contributed by atoms with Crippen LogP contribution in [0.3, 0.4) is 0 Å². The number of nitrogens with one attached hydrogen (secondary N) is 1. The van der Waals surface area contributed by atoms with Crippen molar-refractivity contribution in [3.8, 4) is 21.1 Å². The van der Waals surface area contributed by atoms with Gasteiger partial charge in [-0.15, -0.1) is 11.3 Å². The van der Waals surface area contributed by atoms with Crippen LogP contribution in [-0.4, -0.2) is 34.4 Å². The zero-order chi connectivity index (χ0) is 22.2. The fourth-order valence-corrected chi connectivity index (χ4v) is 5.00. The molecule has 0 aliphatic rings. The zero-order valence-corrected chi connectivity index (χ0v) is 17.8. The van der Waals surface area contributed by atoms with Gasteiger partial charge >= 0.3 is 0 Å². The Morgan fingerprint density at radius 3 is 2.71 bits per heavy atom. The molecule has 9 nitrogen and oxygen atoms in total. The van der Waals surface area contributed by atoms with Crippen molar-refractivity contribution in [2.45, 2.75) is 18.7 Å². The normalized spacial score (nSPS) is 11.5. The van der Waals surface area contributed by atoms with E-state index in [1.54, 1.807) is 12.1 Å². The number of sulfonamides is 1. The van der Waals surface area contributed by atoms with Gasteiger partial charge in [0.05, 0.1) is 16.8 Å². The molecule has 0 aliphatic heterocycles. The highest BCUT2D eigenvalue weighted by Crippen LogP contribution is 2.31. The average Bonchev–Trinajstić information content (AvgIpc) is 3.35. The highest BCUT2D eigenvalue weighted by atomic mass is 32.2. The van der Waals surface area contributed by atoms with Gasteiger partial charge in [-0.3, -0.25) is 9.78 Å². The van der Waals surface area contributed by atoms with E-state index in [4.69, 9.17) is 4.52 Å². The van der Waals surface area contributed by atoms with E-state index in [1.807, 2.05) is 4.72 Å². The molecule has 0 radical (unpaired) electrons. The molecule has 4 aromatic heterocycles. The van der Waals surface area contributed by atoms with Crippen molar-refractivity contribution >= 4 is 27.3 Å². The minimum Gasteiger partial charge on any atom is -0.360 e. The van der Waals surface area contributed by atoms with Crippen molar-refractivity contribution in [1.29, 1.82) is 0 Å². The first-order valence-corrected chi connectivity index (χ1v) is 11.1. The fourth-order valence-electron chi connectivity index (χ4n) is 2.84. The van der Waals surface area contributed by atoms with Crippen LogP contribution < -0.4 is 4.72 Å². The molecule has 4 aromatic rings. The third-order valence-corrected chi connectivity index (χ3v) is 6.80. The second kappa shape index (κ2) is 7.96. The summed E-state index contributed by atoms with van der Waals surface area (Å²) in [6.07, 6.45) is 4.12. The summed E-state index contributed by atoms with van der Waals surface area (Å²) >= 11 is 1.23. The summed E-state index contributed by atoms with van der Waals surface area (Å²) in [6, 6.07) is 5.93. The molecule has 31 heavy (non-hydrogen) atoms. The molecule has 0 saturated carbocycles. The Morgan fingerprint density at radius 1 is 1.19 bits per heavy atom. The number of aryl methyl sites for hydroxylation is 2. The Kier molecular flexibility index (Phi) is 5.33. The fraction of sp³-hybridized carbons (Fsp3) is 0.105. The van der Waals surface area contributed by atoms with Gasteiger partial charge in [-0.1, -0.05) is 11.2 Å². The second-order valence-electron chi connectivity index (χ2n) is 6.42. The zero-order valence-electron chi connectivity index (χ0n) is 16.2. The van der Waals surface area contributed by atoms with E-state index >= 15 is 0 Å². The lowest BCUT2D eigenvalue weighted by Gasteiger charge is -2.06. The van der Waals surface area contributed by atoms with Crippen LogP contribution in [-0.2, 0) is 10.0 Å². The first-order chi connectivity index (χ1) is 14.7. The topological polar surface area (TPSA) is 128 Å². The largest absolute Gasteiger partial charge is 0.360 e. The lowest BCUT2D eigenvalue weighted by atomic mass is 10.2. The van der Waals surface area contributed by atoms with E-state index < -0.39 is 21.7 Å².